The third-order valence-corrected chi connectivity index (χ3v) is 3.89. The number of aromatic nitrogens is 2. The fourth-order valence-corrected chi connectivity index (χ4v) is 2.48. The summed E-state index contributed by atoms with van der Waals surface area (Å²) in [5.74, 6) is 2.17. The molecule has 1 aromatic carbocycles. The van der Waals surface area contributed by atoms with Gasteiger partial charge in [-0.15, -0.1) is 11.6 Å². The standard InChI is InChI=1S/C16H24ClN3O/c1-4-11-21-14-8-6-7-13-16(14)18-15(12-17)20(13)10-9-19(3)5-2/h6-8H,4-5,9-12H2,1-3H3. The van der Waals surface area contributed by atoms with Crippen molar-refractivity contribution in [3.05, 3.63) is 24.0 Å². The fourth-order valence-electron chi connectivity index (χ4n) is 2.28. The van der Waals surface area contributed by atoms with Gasteiger partial charge in [-0.05, 0) is 32.1 Å². The third kappa shape index (κ3) is 3.69. The van der Waals surface area contributed by atoms with Gasteiger partial charge in [0.25, 0.3) is 0 Å². The van der Waals surface area contributed by atoms with Crippen LogP contribution in [0.5, 0.6) is 5.75 Å². The van der Waals surface area contributed by atoms with E-state index in [1.807, 2.05) is 12.1 Å². The summed E-state index contributed by atoms with van der Waals surface area (Å²) in [6, 6.07) is 6.09. The van der Waals surface area contributed by atoms with Crippen molar-refractivity contribution in [2.45, 2.75) is 32.7 Å². The molecule has 21 heavy (non-hydrogen) atoms. The maximum absolute atomic E-state index is 6.07. The second-order valence-electron chi connectivity index (χ2n) is 5.18. The number of nitrogens with zero attached hydrogens (tertiary/aromatic N) is 3. The van der Waals surface area contributed by atoms with E-state index < -0.39 is 0 Å². The number of benzene rings is 1. The minimum Gasteiger partial charge on any atom is -0.491 e. The van der Waals surface area contributed by atoms with Gasteiger partial charge in [-0.25, -0.2) is 4.98 Å². The molecule has 1 heterocycles. The summed E-state index contributed by atoms with van der Waals surface area (Å²) in [5, 5.41) is 0. The molecule has 0 amide bonds. The van der Waals surface area contributed by atoms with Crippen molar-refractivity contribution >= 4 is 22.6 Å². The van der Waals surface area contributed by atoms with E-state index in [1.54, 1.807) is 0 Å². The summed E-state index contributed by atoms with van der Waals surface area (Å²) >= 11 is 6.07. The van der Waals surface area contributed by atoms with Gasteiger partial charge in [-0.3, -0.25) is 0 Å². The van der Waals surface area contributed by atoms with Crippen molar-refractivity contribution in [2.24, 2.45) is 0 Å². The largest absolute Gasteiger partial charge is 0.491 e. The molecule has 2 rings (SSSR count). The van der Waals surface area contributed by atoms with Crippen molar-refractivity contribution in [1.29, 1.82) is 0 Å². The minimum absolute atomic E-state index is 0.414. The topological polar surface area (TPSA) is 30.3 Å². The smallest absolute Gasteiger partial charge is 0.147 e. The van der Waals surface area contributed by atoms with E-state index in [1.165, 1.54) is 0 Å². The van der Waals surface area contributed by atoms with E-state index in [-0.39, 0.29) is 0 Å². The summed E-state index contributed by atoms with van der Waals surface area (Å²) in [4.78, 5) is 6.95. The molecule has 2 aromatic rings. The Bertz CT molecular complexity index is 582. The molecule has 0 unspecified atom stereocenters. The van der Waals surface area contributed by atoms with Crippen LogP contribution >= 0.6 is 11.6 Å². The number of likely N-dealkylation sites (N-methyl/N-ethyl adjacent to an activating group) is 1. The summed E-state index contributed by atoms with van der Waals surface area (Å²) in [5.41, 5.74) is 2.02. The Morgan fingerprint density at radius 3 is 2.81 bits per heavy atom. The molecule has 4 nitrogen and oxygen atoms in total. The Hall–Kier alpha value is -1.26. The Kier molecular flexibility index (Phi) is 5.88. The van der Waals surface area contributed by atoms with Gasteiger partial charge in [0.15, 0.2) is 0 Å². The number of halogens is 1. The van der Waals surface area contributed by atoms with Crippen molar-refractivity contribution in [1.82, 2.24) is 14.5 Å². The molecule has 0 aliphatic rings. The number of fused-ring (bicyclic) bond motifs is 1. The Morgan fingerprint density at radius 2 is 2.14 bits per heavy atom. The molecule has 5 heteroatoms. The van der Waals surface area contributed by atoms with Gasteiger partial charge < -0.3 is 14.2 Å². The normalized spacial score (nSPS) is 11.5. The summed E-state index contributed by atoms with van der Waals surface area (Å²) in [6.45, 7) is 7.87. The van der Waals surface area contributed by atoms with Crippen molar-refractivity contribution < 1.29 is 4.74 Å². The molecular formula is C16H24ClN3O. The number of hydrogen-bond acceptors (Lipinski definition) is 3. The maximum atomic E-state index is 6.07. The highest BCUT2D eigenvalue weighted by Gasteiger charge is 2.13. The SMILES string of the molecule is CCCOc1cccc2c1nc(CCl)n2CCN(C)CC. The van der Waals surface area contributed by atoms with Crippen molar-refractivity contribution in [3.8, 4) is 5.75 Å². The average Bonchev–Trinajstić information content (AvgIpc) is 2.88. The van der Waals surface area contributed by atoms with Crippen LogP contribution in [-0.4, -0.2) is 41.2 Å². The highest BCUT2D eigenvalue weighted by Crippen LogP contribution is 2.27. The molecular weight excluding hydrogens is 286 g/mol. The molecule has 116 valence electrons. The quantitative estimate of drug-likeness (QED) is 0.699. The number of rotatable bonds is 8. The minimum atomic E-state index is 0.414. The lowest BCUT2D eigenvalue weighted by atomic mass is 10.3. The van der Waals surface area contributed by atoms with E-state index in [9.17, 15) is 0 Å². The molecule has 0 bridgehead atoms. The number of alkyl halides is 1. The molecule has 0 aliphatic heterocycles. The van der Waals surface area contributed by atoms with Gasteiger partial charge in [0.05, 0.1) is 18.0 Å². The van der Waals surface area contributed by atoms with Gasteiger partial charge in [-0.2, -0.15) is 0 Å². The number of ether oxygens (including phenoxy) is 1. The van der Waals surface area contributed by atoms with Gasteiger partial charge in [0.2, 0.25) is 0 Å². The van der Waals surface area contributed by atoms with Crippen LogP contribution in [0, 0.1) is 0 Å². The first-order valence-electron chi connectivity index (χ1n) is 7.56. The maximum Gasteiger partial charge on any atom is 0.147 e. The van der Waals surface area contributed by atoms with Crippen LogP contribution in [0.3, 0.4) is 0 Å². The zero-order valence-electron chi connectivity index (χ0n) is 13.1. The van der Waals surface area contributed by atoms with Gasteiger partial charge in [-0.1, -0.05) is 19.9 Å². The number of imidazole rings is 1. The first kappa shape index (κ1) is 16.1. The zero-order valence-corrected chi connectivity index (χ0v) is 13.9. The van der Waals surface area contributed by atoms with E-state index in [4.69, 9.17) is 16.3 Å². The van der Waals surface area contributed by atoms with Gasteiger partial charge >= 0.3 is 0 Å². The molecule has 0 radical (unpaired) electrons. The summed E-state index contributed by atoms with van der Waals surface area (Å²) in [6.07, 6.45) is 0.987. The zero-order chi connectivity index (χ0) is 15.2. The molecule has 0 spiro atoms. The summed E-state index contributed by atoms with van der Waals surface area (Å²) in [7, 11) is 2.12. The fraction of sp³-hybridized carbons (Fsp3) is 0.562. The number of para-hydroxylation sites is 1. The lowest BCUT2D eigenvalue weighted by Gasteiger charge is -2.15. The van der Waals surface area contributed by atoms with Crippen LogP contribution < -0.4 is 4.74 Å². The van der Waals surface area contributed by atoms with Crippen molar-refractivity contribution in [3.63, 3.8) is 0 Å². The Labute approximate surface area is 131 Å². The lowest BCUT2D eigenvalue weighted by Crippen LogP contribution is -2.23. The van der Waals surface area contributed by atoms with Crippen LogP contribution in [0.4, 0.5) is 0 Å². The molecule has 0 N–H and O–H groups in total. The van der Waals surface area contributed by atoms with Crippen LogP contribution in [0.1, 0.15) is 26.1 Å². The molecule has 0 aliphatic carbocycles. The first-order chi connectivity index (χ1) is 10.2. The molecule has 0 saturated heterocycles. The van der Waals surface area contributed by atoms with E-state index in [2.05, 4.69) is 41.4 Å². The van der Waals surface area contributed by atoms with Gasteiger partial charge in [0.1, 0.15) is 17.1 Å². The molecule has 1 aromatic heterocycles. The Balaban J connectivity index is 2.34. The van der Waals surface area contributed by atoms with E-state index in [0.29, 0.717) is 12.5 Å². The highest BCUT2D eigenvalue weighted by molar-refractivity contribution is 6.16. The second-order valence-corrected chi connectivity index (χ2v) is 5.45. The second kappa shape index (κ2) is 7.66. The monoisotopic (exact) mass is 309 g/mol. The van der Waals surface area contributed by atoms with Crippen LogP contribution in [0.2, 0.25) is 0 Å². The van der Waals surface area contributed by atoms with Gasteiger partial charge in [0, 0.05) is 13.1 Å². The molecule has 0 fully saturated rings. The van der Waals surface area contributed by atoms with E-state index >= 15 is 0 Å². The molecule has 0 atom stereocenters. The molecule has 0 saturated carbocycles. The lowest BCUT2D eigenvalue weighted by molar-refractivity contribution is 0.320. The van der Waals surface area contributed by atoms with Crippen LogP contribution in [0.25, 0.3) is 11.0 Å². The highest BCUT2D eigenvalue weighted by atomic mass is 35.5. The van der Waals surface area contributed by atoms with Crippen LogP contribution in [0.15, 0.2) is 18.2 Å². The predicted octanol–water partition coefficient (Wildman–Crippen LogP) is 3.52. The third-order valence-electron chi connectivity index (χ3n) is 3.65. The Morgan fingerprint density at radius 1 is 1.33 bits per heavy atom. The van der Waals surface area contributed by atoms with E-state index in [0.717, 1.165) is 48.7 Å². The first-order valence-corrected chi connectivity index (χ1v) is 8.10. The van der Waals surface area contributed by atoms with Crippen molar-refractivity contribution in [2.75, 3.05) is 26.7 Å². The average molecular weight is 310 g/mol. The predicted molar refractivity (Wildman–Crippen MR) is 88.2 cm³/mol. The van der Waals surface area contributed by atoms with Crippen LogP contribution in [-0.2, 0) is 12.4 Å². The number of hydrogen-bond donors (Lipinski definition) is 0. The summed E-state index contributed by atoms with van der Waals surface area (Å²) < 4.78 is 8.00.